The van der Waals surface area contributed by atoms with Crippen LogP contribution >= 0.6 is 0 Å². The molecule has 0 saturated heterocycles. The fourth-order valence-electron chi connectivity index (χ4n) is 4.39. The number of nitrogens with zero attached hydrogens (tertiary/aromatic N) is 2. The number of rotatable bonds is 9. The van der Waals surface area contributed by atoms with Crippen molar-refractivity contribution >= 4 is 17.6 Å². The second kappa shape index (κ2) is 12.8. The highest BCUT2D eigenvalue weighted by Gasteiger charge is 2.34. The zero-order chi connectivity index (χ0) is 27.1. The van der Waals surface area contributed by atoms with Crippen molar-refractivity contribution in [1.29, 1.82) is 0 Å². The van der Waals surface area contributed by atoms with Crippen LogP contribution in [0.4, 0.5) is 10.5 Å². The Morgan fingerprint density at radius 1 is 1.22 bits per heavy atom. The highest BCUT2D eigenvalue weighted by atomic mass is 16.5. The molecule has 3 N–H and O–H groups in total. The first kappa shape index (κ1) is 28.3. The summed E-state index contributed by atoms with van der Waals surface area (Å²) >= 11 is 0. The maximum absolute atomic E-state index is 13.6. The number of para-hydroxylation sites is 1. The molecule has 0 aliphatic carbocycles. The van der Waals surface area contributed by atoms with Gasteiger partial charge in [0.05, 0.1) is 31.0 Å². The van der Waals surface area contributed by atoms with Crippen molar-refractivity contribution in [2.24, 2.45) is 5.92 Å². The zero-order valence-electron chi connectivity index (χ0n) is 22.7. The van der Waals surface area contributed by atoms with Gasteiger partial charge in [0, 0.05) is 31.6 Å². The summed E-state index contributed by atoms with van der Waals surface area (Å²) in [6.45, 7) is 9.21. The Bertz CT molecular complexity index is 1060. The monoisotopic (exact) mass is 512 g/mol. The number of benzene rings is 2. The van der Waals surface area contributed by atoms with Gasteiger partial charge in [-0.2, -0.15) is 0 Å². The molecule has 3 atom stereocenters. The number of likely N-dealkylation sites (N-methyl/N-ethyl adjacent to an activating group) is 1. The Balaban J connectivity index is 1.91. The number of aliphatic hydroxyl groups is 1. The fraction of sp³-hybridized carbons (Fsp3) is 0.500. The second-order valence-corrected chi connectivity index (χ2v) is 10.1. The minimum absolute atomic E-state index is 0.0398. The van der Waals surface area contributed by atoms with Crippen LogP contribution in [0.3, 0.4) is 0 Å². The van der Waals surface area contributed by atoms with Crippen LogP contribution in [0.5, 0.6) is 11.5 Å². The molecule has 1 aliphatic heterocycles. The fourth-order valence-corrected chi connectivity index (χ4v) is 4.39. The van der Waals surface area contributed by atoms with E-state index in [1.165, 1.54) is 0 Å². The van der Waals surface area contributed by atoms with Crippen molar-refractivity contribution in [2.45, 2.75) is 52.4 Å². The second-order valence-electron chi connectivity index (χ2n) is 10.1. The van der Waals surface area contributed by atoms with Crippen LogP contribution in [0.15, 0.2) is 42.5 Å². The third-order valence-electron chi connectivity index (χ3n) is 6.46. The van der Waals surface area contributed by atoms with Gasteiger partial charge in [0.1, 0.15) is 11.9 Å². The molecule has 0 aromatic heterocycles. The summed E-state index contributed by atoms with van der Waals surface area (Å²) in [4.78, 5) is 29.9. The highest BCUT2D eigenvalue weighted by molar-refractivity contribution is 6.01. The first-order valence-electron chi connectivity index (χ1n) is 12.7. The van der Waals surface area contributed by atoms with Crippen LogP contribution in [0.1, 0.15) is 43.6 Å². The third kappa shape index (κ3) is 7.36. The van der Waals surface area contributed by atoms with Gasteiger partial charge in [0.15, 0.2) is 5.75 Å². The van der Waals surface area contributed by atoms with E-state index >= 15 is 0 Å². The molecule has 0 unspecified atom stereocenters. The van der Waals surface area contributed by atoms with Crippen LogP contribution in [0, 0.1) is 5.92 Å². The number of urea groups is 1. The lowest BCUT2D eigenvalue weighted by Crippen LogP contribution is -2.49. The van der Waals surface area contributed by atoms with Gasteiger partial charge in [-0.3, -0.25) is 9.69 Å². The van der Waals surface area contributed by atoms with Gasteiger partial charge in [-0.05, 0) is 57.6 Å². The highest BCUT2D eigenvalue weighted by Crippen LogP contribution is 2.35. The van der Waals surface area contributed by atoms with Gasteiger partial charge in [0.2, 0.25) is 0 Å². The lowest BCUT2D eigenvalue weighted by atomic mass is 9.99. The van der Waals surface area contributed by atoms with E-state index in [0.29, 0.717) is 36.6 Å². The average molecular weight is 513 g/mol. The van der Waals surface area contributed by atoms with Crippen LogP contribution < -0.4 is 20.1 Å². The number of nitrogens with one attached hydrogen (secondary N) is 2. The Morgan fingerprint density at radius 3 is 2.54 bits per heavy atom. The molecule has 202 valence electrons. The first-order chi connectivity index (χ1) is 17.6. The van der Waals surface area contributed by atoms with Crippen LogP contribution in [0.2, 0.25) is 0 Å². The van der Waals surface area contributed by atoms with Crippen molar-refractivity contribution < 1.29 is 24.2 Å². The molecular formula is C28H40N4O5. The molecule has 1 heterocycles. The van der Waals surface area contributed by atoms with Crippen molar-refractivity contribution in [3.63, 3.8) is 0 Å². The summed E-state index contributed by atoms with van der Waals surface area (Å²) < 4.78 is 11.8. The molecular weight excluding hydrogens is 472 g/mol. The molecule has 0 bridgehead atoms. The lowest BCUT2D eigenvalue weighted by molar-refractivity contribution is 0.0343. The predicted molar refractivity (Wildman–Crippen MR) is 144 cm³/mol. The van der Waals surface area contributed by atoms with Gasteiger partial charge < -0.3 is 30.1 Å². The summed E-state index contributed by atoms with van der Waals surface area (Å²) in [5.41, 5.74) is 1.93. The van der Waals surface area contributed by atoms with Gasteiger partial charge in [0.25, 0.3) is 5.91 Å². The van der Waals surface area contributed by atoms with Gasteiger partial charge >= 0.3 is 6.03 Å². The number of hydrogen-bond acceptors (Lipinski definition) is 6. The topological polar surface area (TPSA) is 103 Å². The van der Waals surface area contributed by atoms with Crippen LogP contribution in [-0.4, -0.2) is 78.9 Å². The molecule has 2 aromatic rings. The minimum atomic E-state index is -0.372. The molecule has 9 nitrogen and oxygen atoms in total. The number of hydrogen-bond donors (Lipinski definition) is 3. The molecule has 3 rings (SSSR count). The SMILES string of the molecule is COc1ccc(CN(C)C[C@H]2Oc3c(NC(=O)NC(C)C)cccc3C(=O)N([C@@H](C)CO)C[C@H]2C)cc1. The summed E-state index contributed by atoms with van der Waals surface area (Å²) in [6.07, 6.45) is -0.278. The molecule has 2 aromatic carbocycles. The number of aliphatic hydroxyl groups excluding tert-OH is 1. The number of fused-ring (bicyclic) bond motifs is 1. The number of amides is 3. The van der Waals surface area contributed by atoms with E-state index in [0.717, 1.165) is 11.3 Å². The van der Waals surface area contributed by atoms with E-state index in [2.05, 4.69) is 15.5 Å². The quantitative estimate of drug-likeness (QED) is 0.475. The van der Waals surface area contributed by atoms with E-state index in [1.54, 1.807) is 30.2 Å². The molecule has 0 fully saturated rings. The Labute approximate surface area is 219 Å². The number of carbonyl (C=O) groups excluding carboxylic acids is 2. The average Bonchev–Trinajstić information content (AvgIpc) is 2.86. The minimum Gasteiger partial charge on any atom is -0.497 e. The van der Waals surface area contributed by atoms with Gasteiger partial charge in [-0.15, -0.1) is 0 Å². The largest absolute Gasteiger partial charge is 0.497 e. The van der Waals surface area contributed by atoms with E-state index in [9.17, 15) is 14.7 Å². The van der Waals surface area contributed by atoms with Crippen molar-refractivity contribution in [2.75, 3.05) is 39.2 Å². The molecule has 0 radical (unpaired) electrons. The van der Waals surface area contributed by atoms with Gasteiger partial charge in [-0.25, -0.2) is 4.79 Å². The molecule has 9 heteroatoms. The first-order valence-corrected chi connectivity index (χ1v) is 12.7. The molecule has 0 saturated carbocycles. The Hall–Kier alpha value is -3.30. The van der Waals surface area contributed by atoms with Crippen LogP contribution in [0.25, 0.3) is 0 Å². The predicted octanol–water partition coefficient (Wildman–Crippen LogP) is 3.58. The van der Waals surface area contributed by atoms with Crippen molar-refractivity contribution in [3.05, 3.63) is 53.6 Å². The zero-order valence-corrected chi connectivity index (χ0v) is 22.7. The number of anilines is 1. The molecule has 1 aliphatic rings. The summed E-state index contributed by atoms with van der Waals surface area (Å²) in [6, 6.07) is 12.3. The van der Waals surface area contributed by atoms with Crippen molar-refractivity contribution in [3.8, 4) is 11.5 Å². The standard InChI is InChI=1S/C28H40N4O5/c1-18(2)29-28(35)30-24-9-7-8-23-26(24)37-25(19(3)14-32(27(23)34)20(4)17-33)16-31(5)15-21-10-12-22(36-6)13-11-21/h7-13,18-20,25,33H,14-17H2,1-6H3,(H2,29,30,35)/t19-,20+,25-/m1/s1. The number of ether oxygens (including phenoxy) is 2. The van der Waals surface area contributed by atoms with E-state index in [1.807, 2.05) is 59.0 Å². The third-order valence-corrected chi connectivity index (χ3v) is 6.46. The summed E-state index contributed by atoms with van der Waals surface area (Å²) in [7, 11) is 3.67. The normalized spacial score (nSPS) is 18.5. The number of carbonyl (C=O) groups is 2. The van der Waals surface area contributed by atoms with Crippen molar-refractivity contribution in [1.82, 2.24) is 15.1 Å². The molecule has 37 heavy (non-hydrogen) atoms. The van der Waals surface area contributed by atoms with Crippen LogP contribution in [-0.2, 0) is 6.54 Å². The van der Waals surface area contributed by atoms with E-state index in [4.69, 9.17) is 9.47 Å². The maximum Gasteiger partial charge on any atom is 0.319 e. The summed E-state index contributed by atoms with van der Waals surface area (Å²) in [5, 5.41) is 15.5. The number of methoxy groups -OCH3 is 1. The molecule has 0 spiro atoms. The Morgan fingerprint density at radius 2 is 1.92 bits per heavy atom. The maximum atomic E-state index is 13.6. The van der Waals surface area contributed by atoms with E-state index < -0.39 is 0 Å². The lowest BCUT2D eigenvalue weighted by Gasteiger charge is -2.38. The Kier molecular flexibility index (Phi) is 9.77. The smallest absolute Gasteiger partial charge is 0.319 e. The van der Waals surface area contributed by atoms with Gasteiger partial charge in [-0.1, -0.05) is 25.1 Å². The van der Waals surface area contributed by atoms with E-state index in [-0.39, 0.29) is 42.7 Å². The molecule has 3 amide bonds. The summed E-state index contributed by atoms with van der Waals surface area (Å²) in [5.74, 6) is 0.878.